The second-order valence-electron chi connectivity index (χ2n) is 2.93. The van der Waals surface area contributed by atoms with E-state index in [-0.39, 0.29) is 5.25 Å². The average Bonchev–Trinajstić information content (AvgIpc) is 2.59. The molecule has 1 aliphatic rings. The van der Waals surface area contributed by atoms with Crippen molar-refractivity contribution in [3.63, 3.8) is 0 Å². The number of sulfone groups is 1. The lowest BCUT2D eigenvalue weighted by Crippen LogP contribution is -1.93. The van der Waals surface area contributed by atoms with Crippen LogP contribution in [0.15, 0.2) is 12.3 Å². The lowest BCUT2D eigenvalue weighted by molar-refractivity contribution is 0.242. The number of hydrogen-bond donors (Lipinski definition) is 0. The Morgan fingerprint density at radius 2 is 2.25 bits per heavy atom. The molecule has 1 saturated heterocycles. The molecule has 3 nitrogen and oxygen atoms in total. The molecular weight excluding hydrogens is 176 g/mol. The van der Waals surface area contributed by atoms with Crippen LogP contribution in [0.5, 0.6) is 0 Å². The molecule has 1 heterocycles. The molecule has 4 heteroatoms. The van der Waals surface area contributed by atoms with Crippen molar-refractivity contribution in [2.24, 2.45) is 0 Å². The van der Waals surface area contributed by atoms with Crippen LogP contribution in [-0.2, 0) is 14.6 Å². The molecule has 0 radical (unpaired) electrons. The van der Waals surface area contributed by atoms with E-state index >= 15 is 0 Å². The monoisotopic (exact) mass is 190 g/mol. The fraction of sp³-hybridized carbons (Fsp3) is 0.750. The van der Waals surface area contributed by atoms with Crippen LogP contribution in [0.2, 0.25) is 0 Å². The van der Waals surface area contributed by atoms with Crippen LogP contribution in [0.1, 0.15) is 19.8 Å². The Kier molecular flexibility index (Phi) is 3.14. The summed E-state index contributed by atoms with van der Waals surface area (Å²) in [4.78, 5) is 0. The Labute approximate surface area is 73.3 Å². The van der Waals surface area contributed by atoms with E-state index < -0.39 is 9.84 Å². The molecule has 0 aliphatic carbocycles. The Bertz CT molecular complexity index is 253. The molecule has 0 amide bonds. The molecule has 12 heavy (non-hydrogen) atoms. The van der Waals surface area contributed by atoms with E-state index in [1.54, 1.807) is 6.26 Å². The van der Waals surface area contributed by atoms with Gasteiger partial charge in [-0.05, 0) is 19.8 Å². The molecule has 70 valence electrons. The highest BCUT2D eigenvalue weighted by atomic mass is 32.2. The minimum atomic E-state index is -2.62. The van der Waals surface area contributed by atoms with Crippen molar-refractivity contribution in [1.82, 2.24) is 0 Å². The Balaban J connectivity index is 1.98. The fourth-order valence-corrected chi connectivity index (χ4v) is 2.51. The van der Waals surface area contributed by atoms with Crippen LogP contribution in [0.25, 0.3) is 0 Å². The summed E-state index contributed by atoms with van der Waals surface area (Å²) in [6.07, 6.45) is 5.02. The maximum absolute atomic E-state index is 10.7. The van der Waals surface area contributed by atoms with Crippen LogP contribution in [0.3, 0.4) is 0 Å². The standard InChI is InChI=1S/C8H14O3S/c1-2-5-11-6-3-4-8-7-12(8,9)10/h2,5,8H,3-4,6-7H2,1H3/b5-2+. The highest BCUT2D eigenvalue weighted by molar-refractivity contribution is 7.99. The maximum atomic E-state index is 10.7. The first-order valence-electron chi connectivity index (χ1n) is 4.11. The van der Waals surface area contributed by atoms with Crippen LogP contribution in [-0.4, -0.2) is 26.0 Å². The van der Waals surface area contributed by atoms with Crippen molar-refractivity contribution in [2.75, 3.05) is 12.4 Å². The fourth-order valence-electron chi connectivity index (χ4n) is 1.04. The van der Waals surface area contributed by atoms with Crippen LogP contribution < -0.4 is 0 Å². The van der Waals surface area contributed by atoms with Gasteiger partial charge in [0.1, 0.15) is 0 Å². The number of hydrogen-bond acceptors (Lipinski definition) is 3. The predicted molar refractivity (Wildman–Crippen MR) is 47.6 cm³/mol. The van der Waals surface area contributed by atoms with Gasteiger partial charge in [0.15, 0.2) is 9.84 Å². The van der Waals surface area contributed by atoms with Gasteiger partial charge >= 0.3 is 0 Å². The van der Waals surface area contributed by atoms with Crippen LogP contribution >= 0.6 is 0 Å². The zero-order valence-corrected chi connectivity index (χ0v) is 8.01. The van der Waals surface area contributed by atoms with Gasteiger partial charge in [0, 0.05) is 0 Å². The van der Waals surface area contributed by atoms with Crippen molar-refractivity contribution in [1.29, 1.82) is 0 Å². The van der Waals surface area contributed by atoms with E-state index in [4.69, 9.17) is 4.74 Å². The number of rotatable bonds is 5. The minimum absolute atomic E-state index is 0.0632. The lowest BCUT2D eigenvalue weighted by Gasteiger charge is -1.97. The molecule has 1 aliphatic heterocycles. The zero-order valence-electron chi connectivity index (χ0n) is 7.19. The molecule has 1 atom stereocenters. The summed E-state index contributed by atoms with van der Waals surface area (Å²) in [7, 11) is -2.62. The third-order valence-corrected chi connectivity index (χ3v) is 3.69. The van der Waals surface area contributed by atoms with Crippen molar-refractivity contribution in [3.05, 3.63) is 12.3 Å². The first-order valence-corrected chi connectivity index (χ1v) is 5.82. The van der Waals surface area contributed by atoms with Crippen molar-refractivity contribution < 1.29 is 13.2 Å². The second-order valence-corrected chi connectivity index (χ2v) is 5.26. The molecule has 0 aromatic carbocycles. The summed E-state index contributed by atoms with van der Waals surface area (Å²) in [6.45, 7) is 2.50. The first kappa shape index (κ1) is 9.58. The molecular formula is C8H14O3S. The summed E-state index contributed by atoms with van der Waals surface area (Å²) in [5.74, 6) is 0.386. The summed E-state index contributed by atoms with van der Waals surface area (Å²) >= 11 is 0. The van der Waals surface area contributed by atoms with Gasteiger partial charge in [0.25, 0.3) is 0 Å². The molecule has 0 saturated carbocycles. The summed E-state index contributed by atoms with van der Waals surface area (Å²) in [5, 5.41) is -0.0632. The van der Waals surface area contributed by atoms with E-state index in [9.17, 15) is 8.42 Å². The van der Waals surface area contributed by atoms with Gasteiger partial charge in [0.2, 0.25) is 0 Å². The lowest BCUT2D eigenvalue weighted by atomic mass is 10.3. The number of allylic oxidation sites excluding steroid dienone is 1. The van der Waals surface area contributed by atoms with E-state index in [1.165, 1.54) is 0 Å². The van der Waals surface area contributed by atoms with E-state index in [1.807, 2.05) is 13.0 Å². The van der Waals surface area contributed by atoms with E-state index in [0.29, 0.717) is 12.4 Å². The molecule has 0 N–H and O–H groups in total. The molecule has 0 bridgehead atoms. The molecule has 1 fully saturated rings. The van der Waals surface area contributed by atoms with Gasteiger partial charge in [-0.2, -0.15) is 0 Å². The van der Waals surface area contributed by atoms with Gasteiger partial charge < -0.3 is 4.74 Å². The second kappa shape index (κ2) is 3.94. The molecule has 1 rings (SSSR count). The quantitative estimate of drug-likeness (QED) is 0.370. The summed E-state index contributed by atoms with van der Waals surface area (Å²) in [6, 6.07) is 0. The van der Waals surface area contributed by atoms with E-state index in [0.717, 1.165) is 12.8 Å². The Hall–Kier alpha value is -0.510. The molecule has 0 spiro atoms. The van der Waals surface area contributed by atoms with Crippen molar-refractivity contribution in [2.45, 2.75) is 25.0 Å². The summed E-state index contributed by atoms with van der Waals surface area (Å²) < 4.78 is 26.5. The minimum Gasteiger partial charge on any atom is -0.502 e. The Morgan fingerprint density at radius 1 is 1.58 bits per heavy atom. The van der Waals surface area contributed by atoms with Gasteiger partial charge in [-0.1, -0.05) is 6.08 Å². The van der Waals surface area contributed by atoms with Gasteiger partial charge in [0.05, 0.1) is 23.9 Å². The highest BCUT2D eigenvalue weighted by Gasteiger charge is 2.42. The van der Waals surface area contributed by atoms with Gasteiger partial charge in [-0.3, -0.25) is 0 Å². The third-order valence-electron chi connectivity index (χ3n) is 1.83. The van der Waals surface area contributed by atoms with E-state index in [2.05, 4.69) is 0 Å². The first-order chi connectivity index (χ1) is 5.67. The third kappa shape index (κ3) is 2.85. The molecule has 0 aromatic rings. The van der Waals surface area contributed by atoms with Crippen molar-refractivity contribution in [3.8, 4) is 0 Å². The van der Waals surface area contributed by atoms with Crippen LogP contribution in [0, 0.1) is 0 Å². The molecule has 1 unspecified atom stereocenters. The SMILES string of the molecule is C/C=C/OCCCC1CS1(=O)=O. The predicted octanol–water partition coefficient (Wildman–Crippen LogP) is 1.11. The Morgan fingerprint density at radius 3 is 2.75 bits per heavy atom. The van der Waals surface area contributed by atoms with Crippen LogP contribution in [0.4, 0.5) is 0 Å². The largest absolute Gasteiger partial charge is 0.502 e. The normalized spacial score (nSPS) is 25.9. The zero-order chi connectivity index (χ0) is 9.03. The van der Waals surface area contributed by atoms with Gasteiger partial charge in [-0.25, -0.2) is 8.42 Å². The highest BCUT2D eigenvalue weighted by Crippen LogP contribution is 2.25. The maximum Gasteiger partial charge on any atom is 0.155 e. The number of ether oxygens (including phenoxy) is 1. The molecule has 0 aromatic heterocycles. The van der Waals surface area contributed by atoms with Crippen molar-refractivity contribution >= 4 is 9.84 Å². The topological polar surface area (TPSA) is 43.4 Å². The van der Waals surface area contributed by atoms with Gasteiger partial charge in [-0.15, -0.1) is 0 Å². The summed E-state index contributed by atoms with van der Waals surface area (Å²) in [5.41, 5.74) is 0. The smallest absolute Gasteiger partial charge is 0.155 e. The average molecular weight is 190 g/mol.